The minimum absolute atomic E-state index is 0.0698. The highest BCUT2D eigenvalue weighted by atomic mass is 16.5. The molecule has 0 aromatic heterocycles. The second-order valence-corrected chi connectivity index (χ2v) is 5.63. The Morgan fingerprint density at radius 2 is 2.00 bits per heavy atom. The number of amidine groups is 1. The molecule has 3 N–H and O–H groups in total. The van der Waals surface area contributed by atoms with Crippen molar-refractivity contribution in [2.75, 3.05) is 7.11 Å². The van der Waals surface area contributed by atoms with Gasteiger partial charge in [0.2, 0.25) is 0 Å². The molecule has 0 atom stereocenters. The van der Waals surface area contributed by atoms with E-state index in [1.54, 1.807) is 13.2 Å². The third kappa shape index (κ3) is 3.73. The van der Waals surface area contributed by atoms with Crippen molar-refractivity contribution in [3.8, 4) is 5.75 Å². The lowest BCUT2D eigenvalue weighted by Crippen LogP contribution is -2.20. The summed E-state index contributed by atoms with van der Waals surface area (Å²) in [5.74, 6) is 1.69. The molecule has 0 bridgehead atoms. The van der Waals surface area contributed by atoms with Gasteiger partial charge in [-0.1, -0.05) is 6.92 Å². The van der Waals surface area contributed by atoms with Gasteiger partial charge < -0.3 is 15.2 Å². The molecule has 2 rings (SSSR count). The summed E-state index contributed by atoms with van der Waals surface area (Å²) in [5, 5.41) is 7.51. The maximum atomic E-state index is 7.51. The van der Waals surface area contributed by atoms with Gasteiger partial charge >= 0.3 is 0 Å². The Morgan fingerprint density at radius 3 is 2.60 bits per heavy atom. The van der Waals surface area contributed by atoms with Gasteiger partial charge in [-0.05, 0) is 49.8 Å². The van der Waals surface area contributed by atoms with Crippen LogP contribution >= 0.6 is 0 Å². The van der Waals surface area contributed by atoms with Crippen LogP contribution in [0.1, 0.15) is 43.7 Å². The molecule has 1 fully saturated rings. The second kappa shape index (κ2) is 6.75. The number of methoxy groups -OCH3 is 1. The van der Waals surface area contributed by atoms with E-state index in [0.29, 0.717) is 18.3 Å². The highest BCUT2D eigenvalue weighted by Crippen LogP contribution is 2.27. The van der Waals surface area contributed by atoms with E-state index >= 15 is 0 Å². The van der Waals surface area contributed by atoms with Crippen LogP contribution < -0.4 is 10.5 Å². The van der Waals surface area contributed by atoms with E-state index in [2.05, 4.69) is 6.92 Å². The van der Waals surface area contributed by atoms with Crippen LogP contribution in [0.2, 0.25) is 0 Å². The summed E-state index contributed by atoms with van der Waals surface area (Å²) >= 11 is 0. The van der Waals surface area contributed by atoms with Gasteiger partial charge in [-0.15, -0.1) is 0 Å². The van der Waals surface area contributed by atoms with Gasteiger partial charge in [-0.25, -0.2) is 0 Å². The Morgan fingerprint density at radius 1 is 1.30 bits per heavy atom. The average molecular weight is 276 g/mol. The van der Waals surface area contributed by atoms with Crippen LogP contribution in [0.5, 0.6) is 5.75 Å². The quantitative estimate of drug-likeness (QED) is 0.641. The topological polar surface area (TPSA) is 68.3 Å². The zero-order valence-corrected chi connectivity index (χ0v) is 12.3. The summed E-state index contributed by atoms with van der Waals surface area (Å²) < 4.78 is 11.3. The van der Waals surface area contributed by atoms with Crippen molar-refractivity contribution < 1.29 is 9.47 Å². The van der Waals surface area contributed by atoms with Gasteiger partial charge in [-0.2, -0.15) is 0 Å². The SMILES string of the molecule is COc1ccc(C(=N)N)cc1COC1CCC(C)CC1. The van der Waals surface area contributed by atoms with Crippen molar-refractivity contribution in [1.29, 1.82) is 5.41 Å². The molecule has 1 aromatic rings. The minimum Gasteiger partial charge on any atom is -0.496 e. The van der Waals surface area contributed by atoms with Crippen molar-refractivity contribution in [2.45, 2.75) is 45.3 Å². The lowest BCUT2D eigenvalue weighted by atomic mass is 9.89. The summed E-state index contributed by atoms with van der Waals surface area (Å²) in [6, 6.07) is 5.53. The number of benzene rings is 1. The van der Waals surface area contributed by atoms with Crippen LogP contribution in [-0.4, -0.2) is 19.0 Å². The molecule has 20 heavy (non-hydrogen) atoms. The van der Waals surface area contributed by atoms with Crippen LogP contribution in [0.4, 0.5) is 0 Å². The van der Waals surface area contributed by atoms with Crippen LogP contribution in [0, 0.1) is 11.3 Å². The van der Waals surface area contributed by atoms with Gasteiger partial charge in [0.05, 0.1) is 19.8 Å². The summed E-state index contributed by atoms with van der Waals surface area (Å²) in [5.41, 5.74) is 7.20. The van der Waals surface area contributed by atoms with Crippen LogP contribution in [0.25, 0.3) is 0 Å². The van der Waals surface area contributed by atoms with Crippen LogP contribution in [0.15, 0.2) is 18.2 Å². The average Bonchev–Trinajstić information content (AvgIpc) is 2.46. The molecule has 1 aliphatic rings. The molecule has 1 aromatic carbocycles. The zero-order valence-electron chi connectivity index (χ0n) is 12.3. The summed E-state index contributed by atoms with van der Waals surface area (Å²) in [4.78, 5) is 0. The second-order valence-electron chi connectivity index (χ2n) is 5.63. The monoisotopic (exact) mass is 276 g/mol. The molecule has 1 aliphatic carbocycles. The fraction of sp³-hybridized carbons (Fsp3) is 0.562. The Bertz CT molecular complexity index is 466. The van der Waals surface area contributed by atoms with Crippen molar-refractivity contribution in [2.24, 2.45) is 11.7 Å². The maximum Gasteiger partial charge on any atom is 0.124 e. The van der Waals surface area contributed by atoms with E-state index in [0.717, 1.165) is 30.1 Å². The normalized spacial score (nSPS) is 22.5. The van der Waals surface area contributed by atoms with E-state index < -0.39 is 0 Å². The van der Waals surface area contributed by atoms with Gasteiger partial charge in [0.1, 0.15) is 11.6 Å². The first-order valence-electron chi connectivity index (χ1n) is 7.23. The summed E-state index contributed by atoms with van der Waals surface area (Å²) in [6.07, 6.45) is 5.10. The van der Waals surface area contributed by atoms with Gasteiger partial charge in [0.15, 0.2) is 0 Å². The van der Waals surface area contributed by atoms with Crippen molar-refractivity contribution in [3.05, 3.63) is 29.3 Å². The van der Waals surface area contributed by atoms with E-state index in [4.69, 9.17) is 20.6 Å². The number of hydrogen-bond donors (Lipinski definition) is 2. The van der Waals surface area contributed by atoms with E-state index in [1.165, 1.54) is 12.8 Å². The third-order valence-electron chi connectivity index (χ3n) is 4.03. The molecule has 0 saturated heterocycles. The van der Waals surface area contributed by atoms with Crippen molar-refractivity contribution in [1.82, 2.24) is 0 Å². The summed E-state index contributed by atoms with van der Waals surface area (Å²) in [7, 11) is 1.65. The Kier molecular flexibility index (Phi) is 5.01. The number of nitrogens with two attached hydrogens (primary N) is 1. The molecule has 0 amide bonds. The number of nitrogens with one attached hydrogen (secondary N) is 1. The zero-order chi connectivity index (χ0) is 14.5. The molecular weight excluding hydrogens is 252 g/mol. The number of nitrogen functional groups attached to an aromatic ring is 1. The fourth-order valence-corrected chi connectivity index (χ4v) is 2.66. The highest BCUT2D eigenvalue weighted by Gasteiger charge is 2.19. The first-order chi connectivity index (χ1) is 9.60. The molecule has 4 nitrogen and oxygen atoms in total. The Hall–Kier alpha value is -1.55. The Balaban J connectivity index is 2.00. The maximum absolute atomic E-state index is 7.51. The molecule has 0 aliphatic heterocycles. The number of rotatable bonds is 5. The number of ether oxygens (including phenoxy) is 2. The summed E-state index contributed by atoms with van der Waals surface area (Å²) in [6.45, 7) is 2.82. The largest absolute Gasteiger partial charge is 0.496 e. The van der Waals surface area contributed by atoms with Gasteiger partial charge in [-0.3, -0.25) is 5.41 Å². The molecule has 4 heteroatoms. The van der Waals surface area contributed by atoms with Crippen molar-refractivity contribution >= 4 is 5.84 Å². The van der Waals surface area contributed by atoms with Gasteiger partial charge in [0, 0.05) is 11.1 Å². The molecule has 0 heterocycles. The first kappa shape index (κ1) is 14.9. The third-order valence-corrected chi connectivity index (χ3v) is 4.03. The molecule has 1 saturated carbocycles. The minimum atomic E-state index is 0.0698. The molecule has 110 valence electrons. The Labute approximate surface area is 120 Å². The standard InChI is InChI=1S/C16H24N2O2/c1-11-3-6-14(7-4-11)20-10-13-9-12(16(17)18)5-8-15(13)19-2/h5,8-9,11,14H,3-4,6-7,10H2,1-2H3,(H3,17,18). The predicted octanol–water partition coefficient (Wildman–Crippen LogP) is 3.07. The van der Waals surface area contributed by atoms with E-state index in [9.17, 15) is 0 Å². The predicted molar refractivity (Wildman–Crippen MR) is 80.2 cm³/mol. The smallest absolute Gasteiger partial charge is 0.124 e. The molecule has 0 unspecified atom stereocenters. The lowest BCUT2D eigenvalue weighted by Gasteiger charge is -2.26. The molecule has 0 spiro atoms. The lowest BCUT2D eigenvalue weighted by molar-refractivity contribution is 0.00802. The van der Waals surface area contributed by atoms with Crippen LogP contribution in [-0.2, 0) is 11.3 Å². The number of hydrogen-bond acceptors (Lipinski definition) is 3. The van der Waals surface area contributed by atoms with E-state index in [-0.39, 0.29) is 5.84 Å². The fourth-order valence-electron chi connectivity index (χ4n) is 2.66. The van der Waals surface area contributed by atoms with Gasteiger partial charge in [0.25, 0.3) is 0 Å². The first-order valence-corrected chi connectivity index (χ1v) is 7.23. The van der Waals surface area contributed by atoms with Crippen molar-refractivity contribution in [3.63, 3.8) is 0 Å². The molecular formula is C16H24N2O2. The van der Waals surface area contributed by atoms with E-state index in [1.807, 2.05) is 12.1 Å². The molecule has 0 radical (unpaired) electrons. The highest BCUT2D eigenvalue weighted by molar-refractivity contribution is 5.95. The van der Waals surface area contributed by atoms with Crippen LogP contribution in [0.3, 0.4) is 0 Å².